The van der Waals surface area contributed by atoms with Crippen LogP contribution in [0.5, 0.6) is 0 Å². The summed E-state index contributed by atoms with van der Waals surface area (Å²) in [5, 5.41) is 8.55. The van der Waals surface area contributed by atoms with Crippen molar-refractivity contribution in [2.75, 3.05) is 5.32 Å². The molecule has 0 aliphatic carbocycles. The lowest BCUT2D eigenvalue weighted by molar-refractivity contribution is 0.0938. The predicted molar refractivity (Wildman–Crippen MR) is 110 cm³/mol. The molecule has 0 saturated carbocycles. The maximum absolute atomic E-state index is 12.7. The largest absolute Gasteiger partial charge is 0.467 e. The van der Waals surface area contributed by atoms with Crippen LogP contribution >= 0.6 is 11.3 Å². The second kappa shape index (κ2) is 7.74. The van der Waals surface area contributed by atoms with Crippen LogP contribution in [-0.4, -0.2) is 16.4 Å². The second-order valence-corrected chi connectivity index (χ2v) is 7.19. The molecule has 4 rings (SSSR count). The third kappa shape index (κ3) is 3.57. The number of furan rings is 1. The molecule has 142 valence electrons. The summed E-state index contributed by atoms with van der Waals surface area (Å²) in [7, 11) is 0. The number of nitrogens with zero attached hydrogens (tertiary/aromatic N) is 1. The molecule has 0 bridgehead atoms. The minimum Gasteiger partial charge on any atom is -0.467 e. The summed E-state index contributed by atoms with van der Waals surface area (Å²) in [5.41, 5.74) is 2.22. The second-order valence-electron chi connectivity index (χ2n) is 6.24. The van der Waals surface area contributed by atoms with Gasteiger partial charge in [-0.15, -0.1) is 11.3 Å². The fraction of sp³-hybridized carbons (Fsp3) is 0.143. The molecule has 0 unspecified atom stereocenters. The van der Waals surface area contributed by atoms with Gasteiger partial charge < -0.3 is 19.6 Å². The molecule has 0 atom stereocenters. The number of benzene rings is 1. The molecule has 0 radical (unpaired) electrons. The highest BCUT2D eigenvalue weighted by Gasteiger charge is 2.16. The summed E-state index contributed by atoms with van der Waals surface area (Å²) in [6.45, 7) is 2.99. The summed E-state index contributed by atoms with van der Waals surface area (Å²) in [6, 6.07) is 14.7. The zero-order chi connectivity index (χ0) is 19.5. The minimum atomic E-state index is -0.168. The van der Waals surface area contributed by atoms with Crippen molar-refractivity contribution < 1.29 is 14.0 Å². The number of thiophene rings is 1. The summed E-state index contributed by atoms with van der Waals surface area (Å²) >= 11 is 1.40. The number of hydrogen-bond acceptors (Lipinski definition) is 4. The number of aryl methyl sites for hydroxylation is 1. The Bertz CT molecular complexity index is 1110. The standard InChI is InChI=1S/C21H19N3O3S/c1-2-24-17-8-7-15(23-21(26)19-6-4-10-28-19)11-14(17)12-18(24)20(25)22-13-16-5-3-9-27-16/h3-12H,2,13H2,1H3,(H,22,25)(H,23,26). The summed E-state index contributed by atoms with van der Waals surface area (Å²) in [4.78, 5) is 25.6. The zero-order valence-corrected chi connectivity index (χ0v) is 16.1. The van der Waals surface area contributed by atoms with Crippen LogP contribution in [-0.2, 0) is 13.1 Å². The van der Waals surface area contributed by atoms with Crippen LogP contribution in [0, 0.1) is 0 Å². The fourth-order valence-corrected chi connectivity index (χ4v) is 3.77. The highest BCUT2D eigenvalue weighted by atomic mass is 32.1. The van der Waals surface area contributed by atoms with E-state index in [1.807, 2.05) is 53.3 Å². The number of amides is 2. The van der Waals surface area contributed by atoms with Gasteiger partial charge in [-0.3, -0.25) is 9.59 Å². The smallest absolute Gasteiger partial charge is 0.268 e. The van der Waals surface area contributed by atoms with Gasteiger partial charge in [-0.1, -0.05) is 6.07 Å². The number of nitrogens with one attached hydrogen (secondary N) is 2. The molecular formula is C21H19N3O3S. The molecule has 1 aromatic carbocycles. The monoisotopic (exact) mass is 393 g/mol. The van der Waals surface area contributed by atoms with Gasteiger partial charge in [-0.25, -0.2) is 0 Å². The molecule has 3 aromatic heterocycles. The lowest BCUT2D eigenvalue weighted by Crippen LogP contribution is -2.25. The third-order valence-electron chi connectivity index (χ3n) is 4.46. The maximum Gasteiger partial charge on any atom is 0.268 e. The van der Waals surface area contributed by atoms with Crippen LogP contribution in [0.2, 0.25) is 0 Å². The van der Waals surface area contributed by atoms with Crippen molar-refractivity contribution in [3.63, 3.8) is 0 Å². The lowest BCUT2D eigenvalue weighted by Gasteiger charge is -2.08. The van der Waals surface area contributed by atoms with Gasteiger partial charge in [0.25, 0.3) is 11.8 Å². The van der Waals surface area contributed by atoms with Crippen molar-refractivity contribution in [1.82, 2.24) is 9.88 Å². The van der Waals surface area contributed by atoms with Gasteiger partial charge in [0.05, 0.1) is 17.7 Å². The lowest BCUT2D eigenvalue weighted by atomic mass is 10.2. The third-order valence-corrected chi connectivity index (χ3v) is 5.32. The topological polar surface area (TPSA) is 76.3 Å². The van der Waals surface area contributed by atoms with Gasteiger partial charge in [0.2, 0.25) is 0 Å². The van der Waals surface area contributed by atoms with Crippen LogP contribution in [0.4, 0.5) is 5.69 Å². The van der Waals surface area contributed by atoms with Gasteiger partial charge in [0.1, 0.15) is 11.5 Å². The summed E-state index contributed by atoms with van der Waals surface area (Å²) in [6.07, 6.45) is 1.58. The Morgan fingerprint density at radius 2 is 2.00 bits per heavy atom. The number of aromatic nitrogens is 1. The first kappa shape index (κ1) is 18.1. The Morgan fingerprint density at radius 3 is 2.71 bits per heavy atom. The van der Waals surface area contributed by atoms with Crippen molar-refractivity contribution >= 4 is 39.7 Å². The highest BCUT2D eigenvalue weighted by molar-refractivity contribution is 7.12. The van der Waals surface area contributed by atoms with Gasteiger partial charge in [0.15, 0.2) is 0 Å². The van der Waals surface area contributed by atoms with E-state index in [2.05, 4.69) is 10.6 Å². The molecule has 4 aromatic rings. The number of carbonyl (C=O) groups is 2. The maximum atomic E-state index is 12.7. The number of anilines is 1. The van der Waals surface area contributed by atoms with E-state index in [0.29, 0.717) is 35.1 Å². The first-order chi connectivity index (χ1) is 13.7. The Hall–Kier alpha value is -3.32. The highest BCUT2D eigenvalue weighted by Crippen LogP contribution is 2.24. The average molecular weight is 393 g/mol. The summed E-state index contributed by atoms with van der Waals surface area (Å²) < 4.78 is 7.21. The van der Waals surface area contributed by atoms with E-state index in [-0.39, 0.29) is 11.8 Å². The van der Waals surface area contributed by atoms with Gasteiger partial charge in [-0.05, 0) is 54.8 Å². The van der Waals surface area contributed by atoms with Crippen molar-refractivity contribution in [2.45, 2.75) is 20.0 Å². The Balaban J connectivity index is 1.57. The molecule has 0 aliphatic heterocycles. The van der Waals surface area contributed by atoms with Crippen LogP contribution in [0.15, 0.2) is 64.6 Å². The molecule has 28 heavy (non-hydrogen) atoms. The molecular weight excluding hydrogens is 374 g/mol. The number of carbonyl (C=O) groups excluding carboxylic acids is 2. The van der Waals surface area contributed by atoms with Crippen LogP contribution < -0.4 is 10.6 Å². The molecule has 2 N–H and O–H groups in total. The number of fused-ring (bicyclic) bond motifs is 1. The van der Waals surface area contributed by atoms with Crippen molar-refractivity contribution in [3.8, 4) is 0 Å². The average Bonchev–Trinajstić information content (AvgIpc) is 3.46. The van der Waals surface area contributed by atoms with Crippen LogP contribution in [0.1, 0.15) is 32.8 Å². The molecule has 3 heterocycles. The van der Waals surface area contributed by atoms with Gasteiger partial charge in [0, 0.05) is 23.1 Å². The molecule has 0 spiro atoms. The van der Waals surface area contributed by atoms with Crippen LogP contribution in [0.3, 0.4) is 0 Å². The molecule has 0 fully saturated rings. The molecule has 0 aliphatic rings. The Kier molecular flexibility index (Phi) is 4.99. The van der Waals surface area contributed by atoms with Crippen molar-refractivity contribution in [1.29, 1.82) is 0 Å². The minimum absolute atomic E-state index is 0.138. The predicted octanol–water partition coefficient (Wildman–Crippen LogP) is 4.50. The zero-order valence-electron chi connectivity index (χ0n) is 15.3. The molecule has 7 heteroatoms. The van der Waals surface area contributed by atoms with Crippen molar-refractivity contribution in [2.24, 2.45) is 0 Å². The molecule has 6 nitrogen and oxygen atoms in total. The quantitative estimate of drug-likeness (QED) is 0.506. The van der Waals surface area contributed by atoms with Gasteiger partial charge >= 0.3 is 0 Å². The van der Waals surface area contributed by atoms with E-state index in [1.54, 1.807) is 18.4 Å². The Morgan fingerprint density at radius 1 is 1.11 bits per heavy atom. The van der Waals surface area contributed by atoms with Crippen molar-refractivity contribution in [3.05, 3.63) is 76.5 Å². The molecule has 0 saturated heterocycles. The van der Waals surface area contributed by atoms with E-state index in [9.17, 15) is 9.59 Å². The SMILES string of the molecule is CCn1c(C(=O)NCc2ccco2)cc2cc(NC(=O)c3cccs3)ccc21. The fourth-order valence-electron chi connectivity index (χ4n) is 3.15. The molecule has 2 amide bonds. The number of hydrogen-bond donors (Lipinski definition) is 2. The van der Waals surface area contributed by atoms with Crippen LogP contribution in [0.25, 0.3) is 10.9 Å². The Labute approximate surface area is 165 Å². The van der Waals surface area contributed by atoms with E-state index < -0.39 is 0 Å². The first-order valence-corrected chi connectivity index (χ1v) is 9.82. The van der Waals surface area contributed by atoms with E-state index >= 15 is 0 Å². The van der Waals surface area contributed by atoms with E-state index in [0.717, 1.165) is 10.9 Å². The first-order valence-electron chi connectivity index (χ1n) is 8.94. The normalized spacial score (nSPS) is 10.9. The van der Waals surface area contributed by atoms with Gasteiger partial charge in [-0.2, -0.15) is 0 Å². The summed E-state index contributed by atoms with van der Waals surface area (Å²) in [5.74, 6) is 0.394. The van der Waals surface area contributed by atoms with E-state index in [1.165, 1.54) is 11.3 Å². The van der Waals surface area contributed by atoms with E-state index in [4.69, 9.17) is 4.42 Å². The number of rotatable bonds is 6.